The lowest BCUT2D eigenvalue weighted by Crippen LogP contribution is -2.37. The number of H-pyrrole nitrogens is 1. The smallest absolute Gasteiger partial charge is 0.269 e. The molecule has 7 heterocycles. The highest BCUT2D eigenvalue weighted by atomic mass is 79.9. The second-order valence-electron chi connectivity index (χ2n) is 10.0. The van der Waals surface area contributed by atoms with Crippen LogP contribution >= 0.6 is 38.6 Å². The Morgan fingerprint density at radius 3 is 2.60 bits per heavy atom. The van der Waals surface area contributed by atoms with E-state index in [2.05, 4.69) is 42.8 Å². The molecule has 1 aliphatic rings. The summed E-state index contributed by atoms with van der Waals surface area (Å²) in [7, 11) is 0. The Morgan fingerprint density at radius 1 is 0.976 bits per heavy atom. The van der Waals surface area contributed by atoms with Gasteiger partial charge in [0.1, 0.15) is 31.8 Å². The van der Waals surface area contributed by atoms with Crippen molar-refractivity contribution in [1.29, 1.82) is 0 Å². The van der Waals surface area contributed by atoms with Gasteiger partial charge in [0.25, 0.3) is 11.5 Å². The highest BCUT2D eigenvalue weighted by Crippen LogP contribution is 2.36. The van der Waals surface area contributed by atoms with Gasteiger partial charge in [-0.25, -0.2) is 15.0 Å². The number of hydrogen-bond donors (Lipinski definition) is 1. The van der Waals surface area contributed by atoms with Gasteiger partial charge in [-0.05, 0) is 52.9 Å². The Balaban J connectivity index is 1.29. The van der Waals surface area contributed by atoms with Crippen molar-refractivity contribution in [2.24, 2.45) is 5.92 Å². The van der Waals surface area contributed by atoms with E-state index in [1.165, 1.54) is 22.7 Å². The van der Waals surface area contributed by atoms with Crippen LogP contribution in [0.4, 0.5) is 0 Å². The first-order valence-corrected chi connectivity index (χ1v) is 15.8. The minimum absolute atomic E-state index is 0.0464. The molecule has 13 heteroatoms. The second kappa shape index (κ2) is 11.0. The summed E-state index contributed by atoms with van der Waals surface area (Å²) in [5.74, 6) is 1.73. The zero-order chi connectivity index (χ0) is 28.8. The monoisotopic (exact) mass is 659 g/mol. The van der Waals surface area contributed by atoms with Gasteiger partial charge in [-0.3, -0.25) is 14.6 Å². The minimum atomic E-state index is -0.240. The first-order chi connectivity index (χ1) is 20.4. The van der Waals surface area contributed by atoms with Crippen molar-refractivity contribution in [3.05, 3.63) is 73.7 Å². The van der Waals surface area contributed by atoms with Crippen LogP contribution in [0.1, 0.15) is 30.1 Å². The Kier molecular flexibility index (Phi) is 7.00. The summed E-state index contributed by atoms with van der Waals surface area (Å²) in [6.45, 7) is 3.66. The molecule has 210 valence electrons. The van der Waals surface area contributed by atoms with E-state index in [0.717, 1.165) is 30.4 Å². The summed E-state index contributed by atoms with van der Waals surface area (Å²) in [6.07, 6.45) is 3.63. The van der Waals surface area contributed by atoms with E-state index in [1.54, 1.807) is 24.4 Å². The van der Waals surface area contributed by atoms with Crippen LogP contribution < -0.4 is 10.3 Å². The van der Waals surface area contributed by atoms with E-state index < -0.39 is 0 Å². The van der Waals surface area contributed by atoms with Gasteiger partial charge in [0.2, 0.25) is 11.8 Å². The molecule has 0 radical (unpaired) electrons. The molecule has 0 aromatic carbocycles. The fraction of sp³-hybridized carbons (Fsp3) is 0.207. The molecule has 0 bridgehead atoms. The van der Waals surface area contributed by atoms with Gasteiger partial charge in [0.15, 0.2) is 11.6 Å². The van der Waals surface area contributed by atoms with E-state index >= 15 is 0 Å². The maximum atomic E-state index is 13.6. The SMILES string of the molecule is CC1CCN(C(=O)c2csc3c(Oc4cccc(-c5nc6c(Br)csc6c(=O)[nH]5)n4)nc(-c4ccccn4)nc23)CC1. The number of pyridine rings is 2. The van der Waals surface area contributed by atoms with Gasteiger partial charge in [0.05, 0.1) is 10.0 Å². The number of nitrogens with one attached hydrogen (secondary N) is 1. The van der Waals surface area contributed by atoms with Crippen molar-refractivity contribution in [2.45, 2.75) is 19.8 Å². The number of ether oxygens (including phenoxy) is 1. The molecule has 6 aromatic heterocycles. The Labute approximate surface area is 255 Å². The van der Waals surface area contributed by atoms with Gasteiger partial charge < -0.3 is 14.6 Å². The number of likely N-dealkylation sites (tertiary alicyclic amines) is 1. The molecule has 1 N–H and O–H groups in total. The lowest BCUT2D eigenvalue weighted by atomic mass is 9.99. The van der Waals surface area contributed by atoms with E-state index in [4.69, 9.17) is 14.7 Å². The fourth-order valence-corrected chi connectivity index (χ4v) is 7.19. The van der Waals surface area contributed by atoms with Crippen LogP contribution in [0.15, 0.2) is 62.6 Å². The number of halogens is 1. The average molecular weight is 661 g/mol. The number of fused-ring (bicyclic) bond motifs is 2. The number of rotatable bonds is 5. The largest absolute Gasteiger partial charge is 0.419 e. The number of amides is 1. The number of hydrogen-bond acceptors (Lipinski definition) is 10. The van der Waals surface area contributed by atoms with Crippen molar-refractivity contribution >= 4 is 64.9 Å². The Bertz CT molecular complexity index is 2020. The first kappa shape index (κ1) is 26.8. The molecule has 1 amide bonds. The van der Waals surface area contributed by atoms with E-state index in [9.17, 15) is 9.59 Å². The van der Waals surface area contributed by atoms with Crippen LogP contribution in [0, 0.1) is 5.92 Å². The van der Waals surface area contributed by atoms with Crippen LogP contribution in [0.5, 0.6) is 11.8 Å². The van der Waals surface area contributed by atoms with Crippen LogP contribution in [0.3, 0.4) is 0 Å². The van der Waals surface area contributed by atoms with Gasteiger partial charge in [-0.1, -0.05) is 19.1 Å². The molecule has 0 unspecified atom stereocenters. The molecular formula is C29H22BrN7O3S2. The summed E-state index contributed by atoms with van der Waals surface area (Å²) >= 11 is 6.13. The number of carbonyl (C=O) groups excluding carboxylic acids is 1. The van der Waals surface area contributed by atoms with E-state index in [-0.39, 0.29) is 23.2 Å². The summed E-state index contributed by atoms with van der Waals surface area (Å²) in [5.41, 5.74) is 2.36. The lowest BCUT2D eigenvalue weighted by Gasteiger charge is -2.30. The van der Waals surface area contributed by atoms with E-state index in [0.29, 0.717) is 55.0 Å². The van der Waals surface area contributed by atoms with Crippen LogP contribution in [-0.2, 0) is 0 Å². The average Bonchev–Trinajstić information content (AvgIpc) is 3.62. The first-order valence-electron chi connectivity index (χ1n) is 13.3. The second-order valence-corrected chi connectivity index (χ2v) is 12.6. The highest BCUT2D eigenvalue weighted by Gasteiger charge is 2.26. The number of aromatic amines is 1. The Morgan fingerprint density at radius 2 is 1.79 bits per heavy atom. The van der Waals surface area contributed by atoms with Crippen LogP contribution in [0.2, 0.25) is 0 Å². The molecule has 1 aliphatic heterocycles. The van der Waals surface area contributed by atoms with Crippen molar-refractivity contribution in [3.63, 3.8) is 0 Å². The number of aromatic nitrogens is 6. The minimum Gasteiger partial charge on any atom is -0.419 e. The van der Waals surface area contributed by atoms with Crippen molar-refractivity contribution in [2.75, 3.05) is 13.1 Å². The third-order valence-corrected chi connectivity index (χ3v) is 9.96. The summed E-state index contributed by atoms with van der Waals surface area (Å²) in [4.78, 5) is 54.1. The molecule has 0 spiro atoms. The molecule has 7 rings (SSSR count). The molecular weight excluding hydrogens is 638 g/mol. The van der Waals surface area contributed by atoms with E-state index in [1.807, 2.05) is 33.9 Å². The molecule has 0 atom stereocenters. The lowest BCUT2D eigenvalue weighted by molar-refractivity contribution is 0.0699. The quantitative estimate of drug-likeness (QED) is 0.221. The summed E-state index contributed by atoms with van der Waals surface area (Å²) in [6, 6.07) is 10.7. The van der Waals surface area contributed by atoms with Gasteiger partial charge in [0, 0.05) is 36.1 Å². The standard InChI is InChI=1S/C29H22BrN7O3S2/c1-15-8-11-37(12-9-15)29(39)16-13-41-24-21(16)33-25(18-5-2-3-10-31-18)36-28(24)40-20-7-4-6-19(32-20)26-34-22-17(30)14-42-23(22)27(38)35-26/h2-7,10,13-15H,8-9,11-12H2,1H3,(H,34,35,38). The molecule has 1 fully saturated rings. The number of nitrogens with zero attached hydrogens (tertiary/aromatic N) is 6. The maximum absolute atomic E-state index is 13.6. The Hall–Kier alpha value is -4.07. The van der Waals surface area contributed by atoms with Crippen molar-refractivity contribution < 1.29 is 9.53 Å². The third kappa shape index (κ3) is 4.97. The molecule has 1 saturated heterocycles. The predicted molar refractivity (Wildman–Crippen MR) is 166 cm³/mol. The normalized spacial score (nSPS) is 14.1. The topological polar surface area (TPSA) is 127 Å². The predicted octanol–water partition coefficient (Wildman–Crippen LogP) is 6.54. The molecule has 10 nitrogen and oxygen atoms in total. The number of thiophene rings is 2. The molecule has 42 heavy (non-hydrogen) atoms. The number of piperidine rings is 1. The third-order valence-electron chi connectivity index (χ3n) is 7.13. The highest BCUT2D eigenvalue weighted by molar-refractivity contribution is 9.10. The fourth-order valence-electron chi connectivity index (χ4n) is 4.83. The molecule has 6 aromatic rings. The van der Waals surface area contributed by atoms with Crippen LogP contribution in [0.25, 0.3) is 43.5 Å². The van der Waals surface area contributed by atoms with Crippen molar-refractivity contribution in [3.8, 4) is 34.8 Å². The summed E-state index contributed by atoms with van der Waals surface area (Å²) in [5, 5.41) is 3.65. The van der Waals surface area contributed by atoms with Gasteiger partial charge in [-0.15, -0.1) is 22.7 Å². The summed E-state index contributed by atoms with van der Waals surface area (Å²) < 4.78 is 8.17. The molecule has 0 aliphatic carbocycles. The van der Waals surface area contributed by atoms with Crippen molar-refractivity contribution in [1.82, 2.24) is 34.8 Å². The van der Waals surface area contributed by atoms with Gasteiger partial charge in [-0.2, -0.15) is 4.98 Å². The van der Waals surface area contributed by atoms with Crippen LogP contribution in [-0.4, -0.2) is 53.8 Å². The zero-order valence-electron chi connectivity index (χ0n) is 22.2. The van der Waals surface area contributed by atoms with Gasteiger partial charge >= 0.3 is 0 Å². The molecule has 0 saturated carbocycles. The zero-order valence-corrected chi connectivity index (χ0v) is 25.4. The number of carbonyl (C=O) groups is 1. The maximum Gasteiger partial charge on any atom is 0.269 e.